The minimum absolute atomic E-state index is 0.145. The van der Waals surface area contributed by atoms with Gasteiger partial charge >= 0.3 is 17.7 Å². The van der Waals surface area contributed by atoms with Gasteiger partial charge < -0.3 is 38.5 Å². The van der Waals surface area contributed by atoms with Crippen LogP contribution in [-0.2, 0) is 0 Å². The number of anilines is 3. The summed E-state index contributed by atoms with van der Waals surface area (Å²) in [6.07, 6.45) is 17.3. The van der Waals surface area contributed by atoms with Crippen molar-refractivity contribution in [3.8, 4) is 33.9 Å². The molecule has 0 saturated heterocycles. The van der Waals surface area contributed by atoms with Crippen LogP contribution in [0.2, 0.25) is 0 Å². The maximum Gasteiger partial charge on any atom is 0.319 e. The Morgan fingerprint density at radius 1 is 0.690 bits per heavy atom. The quantitative estimate of drug-likeness (QED) is 0.0711. The van der Waals surface area contributed by atoms with Gasteiger partial charge in [0.15, 0.2) is 11.6 Å². The van der Waals surface area contributed by atoms with Gasteiger partial charge in [0.25, 0.3) is 0 Å². The van der Waals surface area contributed by atoms with Crippen LogP contribution in [0.3, 0.4) is 0 Å². The van der Waals surface area contributed by atoms with E-state index >= 15 is 0 Å². The predicted octanol–water partition coefficient (Wildman–Crippen LogP) is 4.36. The molecule has 2 aliphatic rings. The third kappa shape index (κ3) is 9.24. The second-order valence-corrected chi connectivity index (χ2v) is 14.0. The van der Waals surface area contributed by atoms with Gasteiger partial charge in [-0.2, -0.15) is 10.2 Å². The standard InChI is InChI=1S/C19H20N8O3.C19H22N8O/c1-11(24-19(28)25-14-3-4-14)12-2-5-16(22-8-12)26-10-13(9-23-26)15-6-7-21-18(20)17(15)27(29)30;1-11(25-19(28)26-14-3-4-14)12-2-5-16(23-8-12)27-10-13(9-24-27)15-6-7-22-18(21)17(15)20/h2,5-11,14H,3-4H2,1H3,(H2,20,21)(H2,24,25,28);2,5-11,14H,3-4,20H2,1H3,(H2,21,22)(H2,25,26,28). The highest BCUT2D eigenvalue weighted by molar-refractivity contribution is 5.82. The zero-order valence-corrected chi connectivity index (χ0v) is 31.6. The van der Waals surface area contributed by atoms with Gasteiger partial charge in [-0.25, -0.2) is 38.9 Å². The lowest BCUT2D eigenvalue weighted by Gasteiger charge is -2.15. The fourth-order valence-corrected chi connectivity index (χ4v) is 5.86. The summed E-state index contributed by atoms with van der Waals surface area (Å²) in [6, 6.07) is 10.6. The number of aromatic nitrogens is 8. The average molecular weight is 787 g/mol. The largest absolute Gasteiger partial charge is 0.395 e. The van der Waals surface area contributed by atoms with E-state index in [9.17, 15) is 19.7 Å². The minimum atomic E-state index is -0.560. The van der Waals surface area contributed by atoms with Crippen LogP contribution in [-0.4, -0.2) is 68.6 Å². The van der Waals surface area contributed by atoms with Crippen molar-refractivity contribution in [2.45, 2.75) is 63.7 Å². The number of pyridine rings is 4. The van der Waals surface area contributed by atoms with Crippen molar-refractivity contribution in [2.24, 2.45) is 0 Å². The van der Waals surface area contributed by atoms with E-state index < -0.39 is 4.92 Å². The van der Waals surface area contributed by atoms with Crippen molar-refractivity contribution in [2.75, 3.05) is 17.2 Å². The number of nitrogens with zero attached hydrogens (tertiary/aromatic N) is 9. The van der Waals surface area contributed by atoms with Gasteiger partial charge in [-0.15, -0.1) is 0 Å². The van der Waals surface area contributed by atoms with Crippen LogP contribution in [0.15, 0.2) is 86.0 Å². The highest BCUT2D eigenvalue weighted by Gasteiger charge is 2.25. The molecule has 20 nitrogen and oxygen atoms in total. The summed E-state index contributed by atoms with van der Waals surface area (Å²) in [4.78, 5) is 51.1. The van der Waals surface area contributed by atoms with Crippen LogP contribution in [0, 0.1) is 10.1 Å². The van der Waals surface area contributed by atoms with E-state index in [1.807, 2.05) is 38.2 Å². The van der Waals surface area contributed by atoms with Crippen LogP contribution in [0.1, 0.15) is 62.7 Å². The number of amides is 4. The number of nitrogen functional groups attached to an aromatic ring is 3. The Morgan fingerprint density at radius 3 is 1.60 bits per heavy atom. The Bertz CT molecular complexity index is 2420. The molecule has 0 spiro atoms. The van der Waals surface area contributed by atoms with Crippen LogP contribution in [0.4, 0.5) is 32.6 Å². The van der Waals surface area contributed by atoms with Gasteiger partial charge in [0, 0.05) is 66.0 Å². The number of hydrogen-bond acceptors (Lipinski definition) is 13. The van der Waals surface area contributed by atoms with E-state index in [0.29, 0.717) is 46.4 Å². The molecule has 6 aromatic rings. The Morgan fingerprint density at radius 2 is 1.16 bits per heavy atom. The fourth-order valence-electron chi connectivity index (χ4n) is 5.86. The molecule has 0 radical (unpaired) electrons. The van der Waals surface area contributed by atoms with E-state index in [2.05, 4.69) is 51.4 Å². The smallest absolute Gasteiger partial charge is 0.319 e. The summed E-state index contributed by atoms with van der Waals surface area (Å²) in [5.74, 6) is 1.33. The van der Waals surface area contributed by atoms with Crippen LogP contribution < -0.4 is 38.5 Å². The zero-order valence-electron chi connectivity index (χ0n) is 31.6. The molecule has 2 saturated carbocycles. The fraction of sp³-hybridized carbons (Fsp3) is 0.263. The molecule has 8 rings (SSSR count). The molecule has 2 fully saturated rings. The van der Waals surface area contributed by atoms with E-state index in [0.717, 1.165) is 47.9 Å². The molecule has 0 aliphatic heterocycles. The van der Waals surface area contributed by atoms with Gasteiger partial charge in [0.2, 0.25) is 5.82 Å². The lowest BCUT2D eigenvalue weighted by Crippen LogP contribution is -2.38. The first-order valence-corrected chi connectivity index (χ1v) is 18.5. The Labute approximate surface area is 331 Å². The van der Waals surface area contributed by atoms with Crippen LogP contribution in [0.5, 0.6) is 0 Å². The van der Waals surface area contributed by atoms with Crippen molar-refractivity contribution in [1.82, 2.24) is 60.8 Å². The maximum absolute atomic E-state index is 11.9. The van der Waals surface area contributed by atoms with Gasteiger partial charge in [-0.3, -0.25) is 10.1 Å². The zero-order chi connectivity index (χ0) is 40.9. The molecule has 58 heavy (non-hydrogen) atoms. The van der Waals surface area contributed by atoms with Crippen molar-refractivity contribution in [3.63, 3.8) is 0 Å². The topological polar surface area (TPSA) is 291 Å². The number of nitrogens with one attached hydrogen (secondary N) is 4. The number of hydrogen-bond donors (Lipinski definition) is 7. The summed E-state index contributed by atoms with van der Waals surface area (Å²) in [5, 5.41) is 31.5. The Kier molecular flexibility index (Phi) is 11.1. The van der Waals surface area contributed by atoms with E-state index in [1.165, 1.54) is 23.1 Å². The second kappa shape index (κ2) is 16.6. The van der Waals surface area contributed by atoms with Crippen molar-refractivity contribution in [3.05, 3.63) is 107 Å². The number of nitro groups is 1. The molecule has 20 heteroatoms. The molecule has 2 aliphatic carbocycles. The van der Waals surface area contributed by atoms with Crippen molar-refractivity contribution in [1.29, 1.82) is 0 Å². The van der Waals surface area contributed by atoms with Crippen LogP contribution >= 0.6 is 0 Å². The highest BCUT2D eigenvalue weighted by atomic mass is 16.6. The summed E-state index contributed by atoms with van der Waals surface area (Å²) in [7, 11) is 0. The molecule has 0 aromatic carbocycles. The molecular formula is C38H42N16O4. The maximum atomic E-state index is 11.9. The molecule has 0 bridgehead atoms. The monoisotopic (exact) mass is 786 g/mol. The lowest BCUT2D eigenvalue weighted by molar-refractivity contribution is -0.383. The first kappa shape index (κ1) is 38.6. The summed E-state index contributed by atoms with van der Waals surface area (Å²) in [5.41, 5.74) is 21.8. The number of nitrogens with two attached hydrogens (primary N) is 3. The second-order valence-electron chi connectivity index (χ2n) is 14.0. The third-order valence-corrected chi connectivity index (χ3v) is 9.47. The summed E-state index contributed by atoms with van der Waals surface area (Å²) in [6.45, 7) is 3.80. The van der Waals surface area contributed by atoms with Gasteiger partial charge in [0.05, 0.1) is 40.7 Å². The Hall–Kier alpha value is -7.64. The third-order valence-electron chi connectivity index (χ3n) is 9.47. The van der Waals surface area contributed by atoms with E-state index in [-0.39, 0.29) is 35.7 Å². The number of carbonyl (C=O) groups is 2. The molecule has 10 N–H and O–H groups in total. The molecule has 2 unspecified atom stereocenters. The van der Waals surface area contributed by atoms with Crippen molar-refractivity contribution < 1.29 is 14.5 Å². The molecule has 6 aromatic heterocycles. The SMILES string of the molecule is CC(NC(=O)NC1CC1)c1ccc(-n2cc(-c3ccnc(N)c3N)cn2)nc1.CC(NC(=O)NC1CC1)c1ccc(-n2cc(-c3ccnc(N)c3[N+](=O)[O-])cn2)nc1. The first-order chi connectivity index (χ1) is 27.9. The first-order valence-electron chi connectivity index (χ1n) is 18.5. The molecule has 6 heterocycles. The van der Waals surface area contributed by atoms with Gasteiger partial charge in [0.1, 0.15) is 5.82 Å². The van der Waals surface area contributed by atoms with E-state index in [4.69, 9.17) is 17.2 Å². The Balaban J connectivity index is 0.000000177. The number of carbonyl (C=O) groups excluding carboxylic acids is 2. The van der Waals surface area contributed by atoms with Crippen LogP contribution in [0.25, 0.3) is 33.9 Å². The summed E-state index contributed by atoms with van der Waals surface area (Å²) >= 11 is 0. The number of urea groups is 2. The lowest BCUT2D eigenvalue weighted by atomic mass is 10.1. The molecule has 4 amide bonds. The minimum Gasteiger partial charge on any atom is -0.395 e. The van der Waals surface area contributed by atoms with Crippen molar-refractivity contribution >= 4 is 35.1 Å². The van der Waals surface area contributed by atoms with Gasteiger partial charge in [-0.05, 0) is 74.9 Å². The number of rotatable bonds is 11. The van der Waals surface area contributed by atoms with E-state index in [1.54, 1.807) is 47.8 Å². The van der Waals surface area contributed by atoms with Gasteiger partial charge in [-0.1, -0.05) is 12.1 Å². The molecule has 298 valence electrons. The normalized spacial score (nSPS) is 14.3. The molecule has 2 atom stereocenters. The summed E-state index contributed by atoms with van der Waals surface area (Å²) < 4.78 is 3.17. The highest BCUT2D eigenvalue weighted by Crippen LogP contribution is 2.33. The average Bonchev–Trinajstić information content (AvgIpc) is 4.10. The molecular weight excluding hydrogens is 745 g/mol. The predicted molar refractivity (Wildman–Crippen MR) is 215 cm³/mol.